The summed E-state index contributed by atoms with van der Waals surface area (Å²) in [6, 6.07) is 11.9. The molecule has 4 rings (SSSR count). The summed E-state index contributed by atoms with van der Waals surface area (Å²) >= 11 is 3.47. The highest BCUT2D eigenvalue weighted by Crippen LogP contribution is 2.38. The van der Waals surface area contributed by atoms with Crippen LogP contribution in [0, 0.1) is 5.92 Å². The predicted octanol–water partition coefficient (Wildman–Crippen LogP) is 4.87. The van der Waals surface area contributed by atoms with Gasteiger partial charge in [0.25, 0.3) is 0 Å². The van der Waals surface area contributed by atoms with E-state index in [4.69, 9.17) is 15.2 Å². The SMILES string of the molecule is COc1cc(CC(=O)N2CCC[C@H]2COC2CCC(C(=O)O)CC2)ccc1N(C(N)=O)c1ccccc1Br. The van der Waals surface area contributed by atoms with Gasteiger partial charge < -0.3 is 25.2 Å². The quantitative estimate of drug-likeness (QED) is 0.431. The summed E-state index contributed by atoms with van der Waals surface area (Å²) in [5.74, 6) is -0.552. The van der Waals surface area contributed by atoms with Gasteiger partial charge in [0.1, 0.15) is 5.75 Å². The van der Waals surface area contributed by atoms with E-state index in [9.17, 15) is 19.5 Å². The van der Waals surface area contributed by atoms with E-state index < -0.39 is 12.0 Å². The van der Waals surface area contributed by atoms with Crippen LogP contribution in [0.25, 0.3) is 0 Å². The molecule has 9 nitrogen and oxygen atoms in total. The minimum atomic E-state index is -0.726. The van der Waals surface area contributed by atoms with Crippen LogP contribution in [-0.4, -0.2) is 60.3 Å². The Hall–Kier alpha value is -3.11. The van der Waals surface area contributed by atoms with E-state index >= 15 is 0 Å². The van der Waals surface area contributed by atoms with Crippen LogP contribution in [0.2, 0.25) is 0 Å². The monoisotopic (exact) mass is 587 g/mol. The zero-order chi connectivity index (χ0) is 27.2. The molecule has 0 aromatic heterocycles. The Kier molecular flexibility index (Phi) is 9.27. The van der Waals surface area contributed by atoms with Crippen LogP contribution in [0.5, 0.6) is 5.75 Å². The van der Waals surface area contributed by atoms with Crippen molar-refractivity contribution in [2.75, 3.05) is 25.2 Å². The molecule has 2 aromatic carbocycles. The maximum absolute atomic E-state index is 13.3. The standard InChI is InChI=1S/C28H34BrN3O6/c1-37-25-15-18(8-13-24(25)32(28(30)36)23-7-3-2-6-22(23)29)16-26(33)31-14-4-5-20(31)17-38-21-11-9-19(10-12-21)27(34)35/h2-3,6-8,13,15,19-21H,4-5,9-12,14,16-17H2,1H3,(H2,30,36)(H,34,35)/t19?,20-,21?/m0/s1. The van der Waals surface area contributed by atoms with Gasteiger partial charge in [-0.25, -0.2) is 4.79 Å². The highest BCUT2D eigenvalue weighted by Gasteiger charge is 2.32. The van der Waals surface area contributed by atoms with Crippen molar-refractivity contribution in [3.8, 4) is 5.75 Å². The fourth-order valence-corrected chi connectivity index (χ4v) is 5.82. The Balaban J connectivity index is 1.40. The van der Waals surface area contributed by atoms with Crippen molar-refractivity contribution >= 4 is 45.2 Å². The molecule has 1 saturated heterocycles. The van der Waals surface area contributed by atoms with Crippen molar-refractivity contribution in [3.63, 3.8) is 0 Å². The highest BCUT2D eigenvalue weighted by molar-refractivity contribution is 9.10. The Morgan fingerprint density at radius 1 is 1.08 bits per heavy atom. The average molecular weight is 588 g/mol. The molecule has 10 heteroatoms. The number of rotatable bonds is 9. The number of urea groups is 1. The molecule has 204 valence electrons. The number of aliphatic carboxylic acids is 1. The first-order valence-electron chi connectivity index (χ1n) is 12.9. The van der Waals surface area contributed by atoms with Gasteiger partial charge in [-0.2, -0.15) is 0 Å². The zero-order valence-corrected chi connectivity index (χ0v) is 23.1. The van der Waals surface area contributed by atoms with E-state index in [-0.39, 0.29) is 30.4 Å². The number of carbonyl (C=O) groups excluding carboxylic acids is 2. The summed E-state index contributed by atoms with van der Waals surface area (Å²) in [6.45, 7) is 1.15. The highest BCUT2D eigenvalue weighted by atomic mass is 79.9. The summed E-state index contributed by atoms with van der Waals surface area (Å²) in [5.41, 5.74) is 7.56. The van der Waals surface area contributed by atoms with Crippen LogP contribution < -0.4 is 15.4 Å². The predicted molar refractivity (Wildman–Crippen MR) is 147 cm³/mol. The minimum absolute atomic E-state index is 0.0121. The molecule has 1 aliphatic heterocycles. The molecule has 1 atom stereocenters. The number of hydrogen-bond acceptors (Lipinski definition) is 5. The number of carbonyl (C=O) groups is 3. The summed E-state index contributed by atoms with van der Waals surface area (Å²) in [6.07, 6.45) is 4.82. The number of amides is 3. The number of carboxylic acids is 1. The van der Waals surface area contributed by atoms with Gasteiger partial charge in [0, 0.05) is 11.0 Å². The molecular formula is C28H34BrN3O6. The van der Waals surface area contributed by atoms with E-state index in [2.05, 4.69) is 15.9 Å². The number of primary amides is 1. The lowest BCUT2D eigenvalue weighted by atomic mass is 9.87. The number of benzene rings is 2. The molecule has 0 radical (unpaired) electrons. The van der Waals surface area contributed by atoms with Gasteiger partial charge in [-0.1, -0.05) is 18.2 Å². The van der Waals surface area contributed by atoms with Crippen molar-refractivity contribution in [2.24, 2.45) is 11.7 Å². The second-order valence-corrected chi connectivity index (χ2v) is 10.7. The third-order valence-corrected chi connectivity index (χ3v) is 8.07. The van der Waals surface area contributed by atoms with Gasteiger partial charge in [-0.3, -0.25) is 14.5 Å². The molecule has 0 unspecified atom stereocenters. The number of nitrogens with zero attached hydrogens (tertiary/aromatic N) is 2. The lowest BCUT2D eigenvalue weighted by Gasteiger charge is -2.30. The third-order valence-electron chi connectivity index (χ3n) is 7.40. The fourth-order valence-electron chi connectivity index (χ4n) is 5.35. The largest absolute Gasteiger partial charge is 0.495 e. The van der Waals surface area contributed by atoms with Crippen molar-refractivity contribution in [1.82, 2.24) is 4.90 Å². The molecule has 0 bridgehead atoms. The number of hydrogen-bond donors (Lipinski definition) is 2. The molecule has 2 aromatic rings. The number of para-hydroxylation sites is 1. The van der Waals surface area contributed by atoms with E-state index in [1.807, 2.05) is 29.2 Å². The molecule has 2 fully saturated rings. The summed E-state index contributed by atoms with van der Waals surface area (Å²) in [7, 11) is 1.52. The van der Waals surface area contributed by atoms with E-state index in [0.29, 0.717) is 47.6 Å². The Morgan fingerprint density at radius 2 is 1.82 bits per heavy atom. The van der Waals surface area contributed by atoms with Gasteiger partial charge in [0.05, 0.1) is 49.6 Å². The molecule has 1 heterocycles. The van der Waals surface area contributed by atoms with Crippen LogP contribution in [0.3, 0.4) is 0 Å². The fraction of sp³-hybridized carbons (Fsp3) is 0.464. The Bertz CT molecular complexity index is 1170. The number of methoxy groups -OCH3 is 1. The summed E-state index contributed by atoms with van der Waals surface area (Å²) in [4.78, 5) is 40.1. The minimum Gasteiger partial charge on any atom is -0.495 e. The number of anilines is 2. The maximum Gasteiger partial charge on any atom is 0.324 e. The van der Waals surface area contributed by atoms with Gasteiger partial charge in [0.15, 0.2) is 0 Å². The van der Waals surface area contributed by atoms with Crippen LogP contribution in [-0.2, 0) is 20.7 Å². The zero-order valence-electron chi connectivity index (χ0n) is 21.5. The van der Waals surface area contributed by atoms with Gasteiger partial charge in [-0.15, -0.1) is 0 Å². The first kappa shape index (κ1) is 27.9. The average Bonchev–Trinajstić information content (AvgIpc) is 3.38. The molecule has 38 heavy (non-hydrogen) atoms. The van der Waals surface area contributed by atoms with Crippen LogP contribution in [0.4, 0.5) is 16.2 Å². The van der Waals surface area contributed by atoms with Crippen molar-refractivity contribution < 1.29 is 29.0 Å². The molecule has 1 saturated carbocycles. The number of carboxylic acid groups (broad SMARTS) is 1. The molecule has 0 spiro atoms. The lowest BCUT2D eigenvalue weighted by Crippen LogP contribution is -2.40. The second-order valence-electron chi connectivity index (χ2n) is 9.84. The van der Waals surface area contributed by atoms with Crippen LogP contribution >= 0.6 is 15.9 Å². The smallest absolute Gasteiger partial charge is 0.324 e. The summed E-state index contributed by atoms with van der Waals surface area (Å²) in [5, 5.41) is 9.19. The normalized spacial score (nSPS) is 21.2. The molecule has 1 aliphatic carbocycles. The lowest BCUT2D eigenvalue weighted by molar-refractivity contribution is -0.144. The number of halogens is 1. The Morgan fingerprint density at radius 3 is 2.47 bits per heavy atom. The molecule has 3 N–H and O–H groups in total. The third kappa shape index (κ3) is 6.47. The first-order valence-corrected chi connectivity index (χ1v) is 13.7. The number of likely N-dealkylation sites (tertiary alicyclic amines) is 1. The topological polar surface area (TPSA) is 122 Å². The first-order chi connectivity index (χ1) is 18.3. The van der Waals surface area contributed by atoms with Gasteiger partial charge >= 0.3 is 12.0 Å². The van der Waals surface area contributed by atoms with Crippen LogP contribution in [0.1, 0.15) is 44.1 Å². The molecule has 2 aliphatic rings. The Labute approximate surface area is 231 Å². The summed E-state index contributed by atoms with van der Waals surface area (Å²) < 4.78 is 12.4. The van der Waals surface area contributed by atoms with Gasteiger partial charge in [-0.05, 0) is 84.3 Å². The molecule has 3 amide bonds. The van der Waals surface area contributed by atoms with Crippen LogP contribution in [0.15, 0.2) is 46.9 Å². The van der Waals surface area contributed by atoms with Crippen molar-refractivity contribution in [2.45, 2.75) is 57.1 Å². The van der Waals surface area contributed by atoms with Crippen molar-refractivity contribution in [3.05, 3.63) is 52.5 Å². The second kappa shape index (κ2) is 12.6. The van der Waals surface area contributed by atoms with Crippen molar-refractivity contribution in [1.29, 1.82) is 0 Å². The molecular weight excluding hydrogens is 554 g/mol. The van der Waals surface area contributed by atoms with E-state index in [1.54, 1.807) is 18.2 Å². The number of nitrogens with two attached hydrogens (primary N) is 1. The van der Waals surface area contributed by atoms with Gasteiger partial charge in [0.2, 0.25) is 5.91 Å². The maximum atomic E-state index is 13.3. The number of ether oxygens (including phenoxy) is 2. The van der Waals surface area contributed by atoms with E-state index in [1.165, 1.54) is 12.0 Å². The van der Waals surface area contributed by atoms with E-state index in [0.717, 1.165) is 31.2 Å².